The average molecular weight is 448 g/mol. The molecule has 1 fully saturated rings. The summed E-state index contributed by atoms with van der Waals surface area (Å²) in [6.45, 7) is 8.01. The lowest BCUT2D eigenvalue weighted by Crippen LogP contribution is -2.45. The van der Waals surface area contributed by atoms with Gasteiger partial charge >= 0.3 is 11.4 Å². The zero-order valence-corrected chi connectivity index (χ0v) is 18.4. The molecule has 0 N–H and O–H groups in total. The lowest BCUT2D eigenvalue weighted by Gasteiger charge is -2.34. The second-order valence-corrected chi connectivity index (χ2v) is 10.0. The molecule has 1 aliphatic rings. The lowest BCUT2D eigenvalue weighted by molar-refractivity contribution is 0.0694. The highest BCUT2D eigenvalue weighted by molar-refractivity contribution is 8.24. The zero-order chi connectivity index (χ0) is 20.1. The largest absolute Gasteiger partial charge is 0.447 e. The number of hydrogen-bond donors (Lipinski definition) is 0. The van der Waals surface area contributed by atoms with Crippen molar-refractivity contribution in [1.29, 1.82) is 0 Å². The van der Waals surface area contributed by atoms with Crippen LogP contribution in [0.25, 0.3) is 5.69 Å². The molecular formula is C17H19Cl2N3O3S2. The molecule has 1 saturated heterocycles. The second-order valence-electron chi connectivity index (χ2n) is 6.91. The van der Waals surface area contributed by atoms with Gasteiger partial charge in [0.1, 0.15) is 4.32 Å². The minimum absolute atomic E-state index is 0.0855. The van der Waals surface area contributed by atoms with Gasteiger partial charge in [0, 0.05) is 6.04 Å². The lowest BCUT2D eigenvalue weighted by atomic mass is 10.1. The zero-order valence-electron chi connectivity index (χ0n) is 15.2. The molecule has 3 rings (SSSR count). The Balaban J connectivity index is 2.18. The van der Waals surface area contributed by atoms with Crippen molar-refractivity contribution in [2.24, 2.45) is 0 Å². The van der Waals surface area contributed by atoms with Crippen LogP contribution in [0.4, 0.5) is 0 Å². The van der Waals surface area contributed by atoms with Crippen molar-refractivity contribution in [1.82, 2.24) is 14.2 Å². The van der Waals surface area contributed by atoms with Crippen molar-refractivity contribution in [2.75, 3.05) is 0 Å². The number of hydrogen-bond acceptors (Lipinski definition) is 5. The third kappa shape index (κ3) is 3.48. The van der Waals surface area contributed by atoms with Crippen LogP contribution in [0, 0.1) is 0 Å². The van der Waals surface area contributed by atoms with Crippen molar-refractivity contribution in [2.45, 2.75) is 51.1 Å². The number of rotatable bonds is 4. The Morgan fingerprint density at radius 3 is 2.56 bits per heavy atom. The minimum atomic E-state index is -0.791. The standard InChI is InChI=1S/C17H19Cl2N3O3S2/c1-5-9(2)20-13(17(3,4)27-16(20)26)22-14(23)21(15(24)25-22)10-6-7-11(18)12(19)8-10/h6-9,13H,5H2,1-4H3/t9-,13-/m0/s1. The van der Waals surface area contributed by atoms with E-state index in [0.717, 1.165) is 15.7 Å². The van der Waals surface area contributed by atoms with Crippen LogP contribution in [0.15, 0.2) is 32.3 Å². The SMILES string of the molecule is CC[C@H](C)N1C(=S)SC(C)(C)[C@@H]1n1oc(=O)n(-c2ccc(Cl)c(Cl)c2)c1=O. The van der Waals surface area contributed by atoms with Gasteiger partial charge in [0.15, 0.2) is 6.17 Å². The minimum Gasteiger partial charge on any atom is -0.330 e. The van der Waals surface area contributed by atoms with Gasteiger partial charge in [-0.3, -0.25) is 0 Å². The molecule has 0 radical (unpaired) electrons. The number of nitrogens with zero attached hydrogens (tertiary/aromatic N) is 3. The normalized spacial score (nSPS) is 20.3. The molecule has 146 valence electrons. The molecular weight excluding hydrogens is 429 g/mol. The van der Waals surface area contributed by atoms with E-state index in [4.69, 9.17) is 39.9 Å². The van der Waals surface area contributed by atoms with E-state index in [1.165, 1.54) is 23.9 Å². The molecule has 1 aromatic heterocycles. The molecule has 2 atom stereocenters. The van der Waals surface area contributed by atoms with E-state index in [1.54, 1.807) is 6.07 Å². The van der Waals surface area contributed by atoms with E-state index < -0.39 is 22.4 Å². The van der Waals surface area contributed by atoms with Crippen LogP contribution in [0.5, 0.6) is 0 Å². The van der Waals surface area contributed by atoms with E-state index >= 15 is 0 Å². The van der Waals surface area contributed by atoms with Crippen molar-refractivity contribution < 1.29 is 4.52 Å². The first-order valence-corrected chi connectivity index (χ1v) is 10.4. The van der Waals surface area contributed by atoms with Gasteiger partial charge in [-0.15, -0.1) is 4.74 Å². The van der Waals surface area contributed by atoms with Crippen molar-refractivity contribution in [3.63, 3.8) is 0 Å². The molecule has 0 amide bonds. The Labute approximate surface area is 176 Å². The van der Waals surface area contributed by atoms with Gasteiger partial charge < -0.3 is 9.42 Å². The first kappa shape index (κ1) is 20.5. The average Bonchev–Trinajstić information content (AvgIpc) is 3.00. The van der Waals surface area contributed by atoms with Crippen LogP contribution in [-0.4, -0.2) is 29.3 Å². The van der Waals surface area contributed by atoms with Gasteiger partial charge in [-0.25, -0.2) is 9.59 Å². The molecule has 10 heteroatoms. The molecule has 2 heterocycles. The second kappa shape index (κ2) is 7.31. The molecule has 27 heavy (non-hydrogen) atoms. The van der Waals surface area contributed by atoms with Crippen LogP contribution in [0.2, 0.25) is 10.0 Å². The van der Waals surface area contributed by atoms with Gasteiger partial charge in [0.05, 0.1) is 20.5 Å². The third-order valence-corrected chi connectivity index (χ3v) is 6.96. The molecule has 0 bridgehead atoms. The van der Waals surface area contributed by atoms with Crippen LogP contribution >= 0.6 is 47.2 Å². The van der Waals surface area contributed by atoms with Crippen LogP contribution < -0.4 is 11.4 Å². The highest BCUT2D eigenvalue weighted by Gasteiger charge is 2.49. The number of thioether (sulfide) groups is 1. The van der Waals surface area contributed by atoms with Gasteiger partial charge in [0.2, 0.25) is 0 Å². The van der Waals surface area contributed by atoms with E-state index in [1.807, 2.05) is 32.6 Å². The molecule has 2 aromatic rings. The molecule has 0 unspecified atom stereocenters. The maximum absolute atomic E-state index is 13.1. The van der Waals surface area contributed by atoms with E-state index in [9.17, 15) is 9.59 Å². The maximum atomic E-state index is 13.1. The van der Waals surface area contributed by atoms with Crippen molar-refractivity contribution >= 4 is 51.5 Å². The number of halogens is 2. The quantitative estimate of drug-likeness (QED) is 0.650. The van der Waals surface area contributed by atoms with E-state index in [-0.39, 0.29) is 11.1 Å². The first-order valence-electron chi connectivity index (χ1n) is 8.40. The summed E-state index contributed by atoms with van der Waals surface area (Å²) in [4.78, 5) is 27.6. The van der Waals surface area contributed by atoms with Gasteiger partial charge in [-0.2, -0.15) is 4.57 Å². The number of aromatic nitrogens is 2. The van der Waals surface area contributed by atoms with Crippen molar-refractivity contribution in [3.05, 3.63) is 49.3 Å². The molecule has 0 aliphatic carbocycles. The predicted molar refractivity (Wildman–Crippen MR) is 113 cm³/mol. The molecule has 0 spiro atoms. The summed E-state index contributed by atoms with van der Waals surface area (Å²) in [5.41, 5.74) is -0.293. The van der Waals surface area contributed by atoms with Gasteiger partial charge in [-0.1, -0.05) is 54.1 Å². The Hall–Kier alpha value is -1.22. The molecule has 0 saturated carbocycles. The van der Waals surface area contributed by atoms with Crippen LogP contribution in [-0.2, 0) is 0 Å². The highest BCUT2D eigenvalue weighted by Crippen LogP contribution is 2.48. The van der Waals surface area contributed by atoms with Crippen LogP contribution in [0.1, 0.15) is 40.3 Å². The third-order valence-electron chi connectivity index (χ3n) is 4.63. The Morgan fingerprint density at radius 2 is 1.96 bits per heavy atom. The first-order chi connectivity index (χ1) is 12.6. The number of thiocarbonyl (C=S) groups is 1. The fourth-order valence-corrected chi connectivity index (χ4v) is 5.48. The van der Waals surface area contributed by atoms with Gasteiger partial charge in [-0.05, 0) is 45.4 Å². The fourth-order valence-electron chi connectivity index (χ4n) is 3.11. The van der Waals surface area contributed by atoms with Gasteiger partial charge in [0.25, 0.3) is 0 Å². The molecule has 1 aliphatic heterocycles. The summed E-state index contributed by atoms with van der Waals surface area (Å²) < 4.78 is 7.66. The summed E-state index contributed by atoms with van der Waals surface area (Å²) in [6, 6.07) is 4.61. The Kier molecular flexibility index (Phi) is 5.55. The predicted octanol–water partition coefficient (Wildman–Crippen LogP) is 4.31. The van der Waals surface area contributed by atoms with Crippen LogP contribution in [0.3, 0.4) is 0 Å². The van der Waals surface area contributed by atoms with E-state index in [2.05, 4.69) is 0 Å². The molecule has 1 aromatic carbocycles. The maximum Gasteiger partial charge on any atom is 0.447 e. The summed E-state index contributed by atoms with van der Waals surface area (Å²) in [6.07, 6.45) is 0.314. The monoisotopic (exact) mass is 447 g/mol. The summed E-state index contributed by atoms with van der Waals surface area (Å²) in [5.74, 6) is -0.791. The Morgan fingerprint density at radius 1 is 1.30 bits per heavy atom. The highest BCUT2D eigenvalue weighted by atomic mass is 35.5. The fraction of sp³-hybridized carbons (Fsp3) is 0.471. The number of benzene rings is 1. The Bertz CT molecular complexity index is 1010. The summed E-state index contributed by atoms with van der Waals surface area (Å²) >= 11 is 19.0. The smallest absolute Gasteiger partial charge is 0.330 e. The summed E-state index contributed by atoms with van der Waals surface area (Å²) in [7, 11) is 0. The van der Waals surface area contributed by atoms with E-state index in [0.29, 0.717) is 15.0 Å². The topological polar surface area (TPSA) is 60.4 Å². The summed E-state index contributed by atoms with van der Waals surface area (Å²) in [5, 5.41) is 0.575. The van der Waals surface area contributed by atoms with Crippen molar-refractivity contribution in [3.8, 4) is 5.69 Å². The molecule has 6 nitrogen and oxygen atoms in total.